The molecule has 34 heavy (non-hydrogen) atoms. The summed E-state index contributed by atoms with van der Waals surface area (Å²) in [6.45, 7) is 0.925. The predicted octanol–water partition coefficient (Wildman–Crippen LogP) is 0.499. The van der Waals surface area contributed by atoms with E-state index in [0.29, 0.717) is 12.0 Å². The molecule has 0 spiro atoms. The van der Waals surface area contributed by atoms with E-state index < -0.39 is 34.3 Å². The van der Waals surface area contributed by atoms with Gasteiger partial charge in [-0.25, -0.2) is 9.59 Å². The number of aromatic nitrogens is 1. The van der Waals surface area contributed by atoms with Gasteiger partial charge < -0.3 is 30.3 Å². The van der Waals surface area contributed by atoms with Gasteiger partial charge in [0.1, 0.15) is 0 Å². The Morgan fingerprint density at radius 3 is 2.44 bits per heavy atom. The van der Waals surface area contributed by atoms with Gasteiger partial charge in [-0.2, -0.15) is 8.42 Å². The SMILES string of the molecule is CN1C[C@](Br)(COS(C)(=O)=O)C[C@@H]2c3cccc4[nH]cc(c34)C[C@H]21.O=C(O)C(O)C(O)C(=O)O. The lowest BCUT2D eigenvalue weighted by Gasteiger charge is -2.49. The first kappa shape index (κ1) is 26.6. The zero-order valence-corrected chi connectivity index (χ0v) is 20.9. The van der Waals surface area contributed by atoms with Gasteiger partial charge in [0.15, 0.2) is 12.2 Å². The number of halogens is 1. The molecular weight excluding hydrogens is 536 g/mol. The van der Waals surface area contributed by atoms with E-state index in [1.165, 1.54) is 22.0 Å². The lowest BCUT2D eigenvalue weighted by Crippen LogP contribution is -2.55. The standard InChI is InChI=1S/C17H21BrN2O3S.C4H6O6/c1-20-9-17(18,10-23-24(2,21)22)7-13-12-4-3-5-14-16(12)11(8-19-14)6-15(13)20;5-1(3(7)8)2(6)4(9)10/h3-5,8,13,15,19H,6-7,9-10H2,1-2H3;1-2,5-6H,(H,7,8)(H,9,10)/t13-,15-,17+;/m1./s1. The second kappa shape index (κ2) is 9.91. The Balaban J connectivity index is 0.000000277. The van der Waals surface area contributed by atoms with E-state index in [2.05, 4.69) is 57.3 Å². The zero-order valence-electron chi connectivity index (χ0n) is 18.5. The van der Waals surface area contributed by atoms with Crippen LogP contribution in [0.2, 0.25) is 0 Å². The van der Waals surface area contributed by atoms with Gasteiger partial charge in [0, 0.05) is 35.6 Å². The summed E-state index contributed by atoms with van der Waals surface area (Å²) >= 11 is 3.79. The average Bonchev–Trinajstić information content (AvgIpc) is 3.16. The number of aliphatic hydroxyl groups is 2. The number of aromatic amines is 1. The summed E-state index contributed by atoms with van der Waals surface area (Å²) in [4.78, 5) is 25.3. The third-order valence-electron chi connectivity index (χ3n) is 6.13. The summed E-state index contributed by atoms with van der Waals surface area (Å²) < 4.78 is 27.6. The molecule has 1 aliphatic heterocycles. The van der Waals surface area contributed by atoms with E-state index in [9.17, 15) is 18.0 Å². The summed E-state index contributed by atoms with van der Waals surface area (Å²) in [7, 11) is -1.33. The summed E-state index contributed by atoms with van der Waals surface area (Å²) in [6, 6.07) is 6.85. The van der Waals surface area contributed by atoms with Gasteiger partial charge in [-0.3, -0.25) is 4.18 Å². The monoisotopic (exact) mass is 562 g/mol. The molecule has 4 rings (SSSR count). The van der Waals surface area contributed by atoms with E-state index in [1.807, 2.05) is 0 Å². The van der Waals surface area contributed by atoms with Crippen LogP contribution in [0.5, 0.6) is 0 Å². The quantitative estimate of drug-likeness (QED) is 0.246. The highest BCUT2D eigenvalue weighted by molar-refractivity contribution is 9.10. The number of likely N-dealkylation sites (tertiary alicyclic amines) is 1. The number of carboxylic acid groups (broad SMARTS) is 2. The Kier molecular flexibility index (Phi) is 7.75. The van der Waals surface area contributed by atoms with Gasteiger partial charge in [0.25, 0.3) is 10.1 Å². The lowest BCUT2D eigenvalue weighted by atomic mass is 9.72. The highest BCUT2D eigenvalue weighted by atomic mass is 79.9. The zero-order chi connectivity index (χ0) is 25.4. The normalized spacial score (nSPS) is 26.1. The topological polar surface area (TPSA) is 177 Å². The summed E-state index contributed by atoms with van der Waals surface area (Å²) in [6.07, 6.45) is 0.581. The highest BCUT2D eigenvalue weighted by Gasteiger charge is 2.46. The van der Waals surface area contributed by atoms with Crippen molar-refractivity contribution in [3.63, 3.8) is 0 Å². The molecule has 1 aromatic heterocycles. The van der Waals surface area contributed by atoms with Gasteiger partial charge in [0.05, 0.1) is 17.2 Å². The van der Waals surface area contributed by atoms with Crippen LogP contribution in [0.25, 0.3) is 10.9 Å². The van der Waals surface area contributed by atoms with Gasteiger partial charge in [0.2, 0.25) is 0 Å². The molecule has 0 bridgehead atoms. The van der Waals surface area contributed by atoms with Crippen LogP contribution >= 0.6 is 15.9 Å². The highest BCUT2D eigenvalue weighted by Crippen LogP contribution is 2.47. The number of carbonyl (C=O) groups is 2. The van der Waals surface area contributed by atoms with Crippen molar-refractivity contribution in [1.29, 1.82) is 0 Å². The molecule has 188 valence electrons. The van der Waals surface area contributed by atoms with Crippen LogP contribution in [-0.4, -0.2) is 99.7 Å². The van der Waals surface area contributed by atoms with Crippen LogP contribution in [0.4, 0.5) is 0 Å². The number of rotatable bonds is 6. The molecule has 1 aromatic carbocycles. The lowest BCUT2D eigenvalue weighted by molar-refractivity contribution is -0.165. The number of fused-ring (bicyclic) bond motifs is 2. The van der Waals surface area contributed by atoms with Crippen LogP contribution in [-0.2, 0) is 30.3 Å². The van der Waals surface area contributed by atoms with Gasteiger partial charge in [-0.15, -0.1) is 0 Å². The number of aliphatic carboxylic acids is 2. The molecule has 0 amide bonds. The molecular formula is C21H27BrN2O9S. The van der Waals surface area contributed by atoms with Crippen LogP contribution in [0.1, 0.15) is 23.5 Å². The predicted molar refractivity (Wildman–Crippen MR) is 126 cm³/mol. The first-order valence-electron chi connectivity index (χ1n) is 10.4. The molecule has 5 N–H and O–H groups in total. The van der Waals surface area contributed by atoms with Crippen LogP contribution in [0, 0.1) is 0 Å². The number of piperidine rings is 1. The van der Waals surface area contributed by atoms with Gasteiger partial charge in [-0.05, 0) is 37.1 Å². The molecule has 2 aromatic rings. The number of carboxylic acids is 2. The molecule has 0 saturated carbocycles. The maximum absolute atomic E-state index is 11.4. The molecule has 1 aliphatic carbocycles. The summed E-state index contributed by atoms with van der Waals surface area (Å²) in [5.74, 6) is -3.18. The van der Waals surface area contributed by atoms with Crippen molar-refractivity contribution < 1.29 is 42.6 Å². The number of nitrogens with one attached hydrogen (secondary N) is 1. The molecule has 1 fully saturated rings. The van der Waals surface area contributed by atoms with Crippen molar-refractivity contribution in [2.45, 2.75) is 41.3 Å². The van der Waals surface area contributed by atoms with Crippen LogP contribution < -0.4 is 0 Å². The largest absolute Gasteiger partial charge is 0.479 e. The Morgan fingerprint density at radius 1 is 1.26 bits per heavy atom. The van der Waals surface area contributed by atoms with E-state index >= 15 is 0 Å². The molecule has 13 heteroatoms. The van der Waals surface area contributed by atoms with Crippen molar-refractivity contribution in [1.82, 2.24) is 9.88 Å². The fourth-order valence-corrected chi connectivity index (χ4v) is 6.10. The Labute approximate surface area is 204 Å². The smallest absolute Gasteiger partial charge is 0.335 e. The van der Waals surface area contributed by atoms with E-state index in [4.69, 9.17) is 24.6 Å². The number of benzene rings is 1. The van der Waals surface area contributed by atoms with E-state index in [-0.39, 0.29) is 10.9 Å². The Hall–Kier alpha value is -2.03. The number of aliphatic hydroxyl groups excluding tert-OH is 2. The first-order chi connectivity index (χ1) is 15.7. The fraction of sp³-hybridized carbons (Fsp3) is 0.524. The number of H-pyrrole nitrogens is 1. The summed E-state index contributed by atoms with van der Waals surface area (Å²) in [5, 5.41) is 33.9. The number of alkyl halides is 1. The van der Waals surface area contributed by atoms with Crippen molar-refractivity contribution in [2.24, 2.45) is 0 Å². The minimum absolute atomic E-state index is 0.162. The van der Waals surface area contributed by atoms with Crippen molar-refractivity contribution in [3.8, 4) is 0 Å². The number of hydrogen-bond acceptors (Lipinski definition) is 8. The van der Waals surface area contributed by atoms with Crippen molar-refractivity contribution in [3.05, 3.63) is 35.5 Å². The minimum atomic E-state index is -3.44. The number of hydrogen-bond donors (Lipinski definition) is 5. The van der Waals surface area contributed by atoms with Crippen molar-refractivity contribution in [2.75, 3.05) is 26.5 Å². The second-order valence-electron chi connectivity index (χ2n) is 8.76. The maximum Gasteiger partial charge on any atom is 0.335 e. The fourth-order valence-electron chi connectivity index (χ4n) is 4.65. The summed E-state index contributed by atoms with van der Waals surface area (Å²) in [5.41, 5.74) is 3.92. The second-order valence-corrected chi connectivity index (χ2v) is 12.1. The molecule has 1 saturated heterocycles. The molecule has 5 atom stereocenters. The molecule has 2 heterocycles. The van der Waals surface area contributed by atoms with Crippen molar-refractivity contribution >= 4 is 48.9 Å². The van der Waals surface area contributed by atoms with E-state index in [1.54, 1.807) is 0 Å². The van der Waals surface area contributed by atoms with Crippen LogP contribution in [0.15, 0.2) is 24.4 Å². The van der Waals surface area contributed by atoms with E-state index in [0.717, 1.165) is 25.6 Å². The van der Waals surface area contributed by atoms with Crippen LogP contribution in [0.3, 0.4) is 0 Å². The average molecular weight is 563 g/mol. The first-order valence-corrected chi connectivity index (χ1v) is 13.0. The number of likely N-dealkylation sites (N-methyl/N-ethyl adjacent to an activating group) is 1. The van der Waals surface area contributed by atoms with Gasteiger partial charge in [-0.1, -0.05) is 28.1 Å². The number of nitrogens with zero attached hydrogens (tertiary/aromatic N) is 1. The molecule has 2 aliphatic rings. The molecule has 11 nitrogen and oxygen atoms in total. The van der Waals surface area contributed by atoms with Gasteiger partial charge >= 0.3 is 11.9 Å². The molecule has 2 unspecified atom stereocenters. The Morgan fingerprint density at radius 2 is 1.88 bits per heavy atom. The third kappa shape index (κ3) is 5.78. The molecule has 0 radical (unpaired) electrons. The third-order valence-corrected chi connectivity index (χ3v) is 7.48. The maximum atomic E-state index is 11.4. The minimum Gasteiger partial charge on any atom is -0.479 e. The Bertz CT molecular complexity index is 1170.